The highest BCUT2D eigenvalue weighted by molar-refractivity contribution is 8.03. The quantitative estimate of drug-likeness (QED) is 0.483. The minimum atomic E-state index is -0.487. The fraction of sp³-hybridized carbons (Fsp3) is 0.312. The van der Waals surface area contributed by atoms with Gasteiger partial charge in [0.15, 0.2) is 6.61 Å². The third-order valence-corrected chi connectivity index (χ3v) is 4.40. The van der Waals surface area contributed by atoms with E-state index in [2.05, 4.69) is 0 Å². The Morgan fingerprint density at radius 2 is 2.05 bits per heavy atom. The number of nitrogens with zero attached hydrogens (tertiary/aromatic N) is 2. The van der Waals surface area contributed by atoms with E-state index in [-0.39, 0.29) is 11.5 Å². The van der Waals surface area contributed by atoms with Crippen LogP contribution in [0.2, 0.25) is 0 Å². The lowest BCUT2D eigenvalue weighted by Gasteiger charge is -2.14. The molecule has 1 aliphatic rings. The third kappa shape index (κ3) is 3.15. The van der Waals surface area contributed by atoms with Gasteiger partial charge < -0.3 is 9.64 Å². The standard InChI is InChI=1S/C16H16N2O3S/c1-10(2)16(20)21-9-13(19)11(8-17)15-18(3)12-6-4-5-7-14(12)22-15/h4-7,10H,9H2,1-3H3/b15-11-. The van der Waals surface area contributed by atoms with Gasteiger partial charge in [0.25, 0.3) is 0 Å². The Kier molecular flexibility index (Phi) is 4.88. The Morgan fingerprint density at radius 1 is 1.36 bits per heavy atom. The van der Waals surface area contributed by atoms with E-state index in [1.54, 1.807) is 25.8 Å². The molecule has 6 heteroatoms. The third-order valence-electron chi connectivity index (χ3n) is 3.16. The molecule has 1 aromatic rings. The largest absolute Gasteiger partial charge is 0.457 e. The lowest BCUT2D eigenvalue weighted by molar-refractivity contribution is -0.150. The van der Waals surface area contributed by atoms with Gasteiger partial charge >= 0.3 is 5.97 Å². The number of ketones is 1. The molecule has 0 amide bonds. The fourth-order valence-electron chi connectivity index (χ4n) is 1.93. The second-order valence-electron chi connectivity index (χ2n) is 5.11. The predicted octanol–water partition coefficient (Wildman–Crippen LogP) is 2.73. The molecule has 0 saturated heterocycles. The van der Waals surface area contributed by atoms with Crippen LogP contribution in [-0.4, -0.2) is 25.4 Å². The van der Waals surface area contributed by atoms with Gasteiger partial charge in [0.05, 0.1) is 11.6 Å². The van der Waals surface area contributed by atoms with Crippen LogP contribution in [0.15, 0.2) is 39.8 Å². The number of para-hydroxylation sites is 1. The number of carbonyl (C=O) groups is 2. The van der Waals surface area contributed by atoms with Gasteiger partial charge in [-0.2, -0.15) is 5.26 Å². The Labute approximate surface area is 133 Å². The maximum atomic E-state index is 12.2. The van der Waals surface area contributed by atoms with Gasteiger partial charge in [-0.05, 0) is 12.1 Å². The maximum absolute atomic E-state index is 12.2. The smallest absolute Gasteiger partial charge is 0.308 e. The van der Waals surface area contributed by atoms with E-state index in [1.165, 1.54) is 11.8 Å². The summed E-state index contributed by atoms with van der Waals surface area (Å²) in [6.45, 7) is 2.97. The molecule has 114 valence electrons. The van der Waals surface area contributed by atoms with E-state index in [1.807, 2.05) is 30.3 Å². The zero-order valence-corrected chi connectivity index (χ0v) is 13.4. The molecule has 0 aromatic heterocycles. The first-order chi connectivity index (χ1) is 10.5. The van der Waals surface area contributed by atoms with Crippen molar-refractivity contribution < 1.29 is 14.3 Å². The molecule has 5 nitrogen and oxygen atoms in total. The summed E-state index contributed by atoms with van der Waals surface area (Å²) in [4.78, 5) is 26.4. The summed E-state index contributed by atoms with van der Waals surface area (Å²) in [7, 11) is 1.80. The number of thioether (sulfide) groups is 1. The second kappa shape index (κ2) is 6.67. The average Bonchev–Trinajstić information content (AvgIpc) is 2.83. The second-order valence-corrected chi connectivity index (χ2v) is 6.14. The monoisotopic (exact) mass is 316 g/mol. The van der Waals surface area contributed by atoms with Crippen LogP contribution >= 0.6 is 11.8 Å². The minimum Gasteiger partial charge on any atom is -0.457 e. The summed E-state index contributed by atoms with van der Waals surface area (Å²) >= 11 is 1.37. The van der Waals surface area contributed by atoms with Crippen molar-refractivity contribution in [2.24, 2.45) is 5.92 Å². The SMILES string of the molecule is CC(C)C(=O)OCC(=O)/C(C#N)=C1\Sc2ccccc2N1C. The topological polar surface area (TPSA) is 70.4 Å². The molecule has 0 atom stereocenters. The van der Waals surface area contributed by atoms with E-state index in [4.69, 9.17) is 4.74 Å². The normalized spacial score (nSPS) is 15.3. The number of ether oxygens (including phenoxy) is 1. The fourth-order valence-corrected chi connectivity index (χ4v) is 3.09. The molecule has 0 fully saturated rings. The molecule has 0 unspecified atom stereocenters. The van der Waals surface area contributed by atoms with Crippen LogP contribution in [-0.2, 0) is 14.3 Å². The number of carbonyl (C=O) groups excluding carboxylic acids is 2. The Morgan fingerprint density at radius 3 is 2.64 bits per heavy atom. The van der Waals surface area contributed by atoms with E-state index in [0.717, 1.165) is 10.6 Å². The van der Waals surface area contributed by atoms with Crippen LogP contribution in [0.1, 0.15) is 13.8 Å². The number of benzene rings is 1. The molecule has 0 bridgehead atoms. The molecule has 0 spiro atoms. The van der Waals surface area contributed by atoms with E-state index in [9.17, 15) is 14.9 Å². The van der Waals surface area contributed by atoms with Crippen LogP contribution in [0.4, 0.5) is 5.69 Å². The predicted molar refractivity (Wildman–Crippen MR) is 84.1 cm³/mol. The minimum absolute atomic E-state index is 0.0141. The van der Waals surface area contributed by atoms with E-state index >= 15 is 0 Å². The summed E-state index contributed by atoms with van der Waals surface area (Å²) in [5.74, 6) is -1.25. The Hall–Kier alpha value is -2.26. The number of anilines is 1. The lowest BCUT2D eigenvalue weighted by Crippen LogP contribution is -2.21. The van der Waals surface area contributed by atoms with Crippen molar-refractivity contribution in [3.8, 4) is 6.07 Å². The lowest BCUT2D eigenvalue weighted by atomic mass is 10.2. The van der Waals surface area contributed by atoms with Crippen molar-refractivity contribution in [3.63, 3.8) is 0 Å². The molecular formula is C16H16N2O3S. The Balaban J connectivity index is 2.20. The molecular weight excluding hydrogens is 300 g/mol. The first-order valence-electron chi connectivity index (χ1n) is 6.80. The van der Waals surface area contributed by atoms with Gasteiger partial charge in [-0.25, -0.2) is 0 Å². The number of rotatable bonds is 4. The van der Waals surface area contributed by atoms with Crippen molar-refractivity contribution in [1.29, 1.82) is 5.26 Å². The average molecular weight is 316 g/mol. The molecule has 0 radical (unpaired) electrons. The molecule has 2 rings (SSSR count). The summed E-state index contributed by atoms with van der Waals surface area (Å²) in [6, 6.07) is 9.60. The molecule has 0 saturated carbocycles. The van der Waals surface area contributed by atoms with Crippen molar-refractivity contribution in [3.05, 3.63) is 34.9 Å². The Bertz CT molecular complexity index is 689. The number of esters is 1. The number of hydrogen-bond acceptors (Lipinski definition) is 6. The number of fused-ring (bicyclic) bond motifs is 1. The first kappa shape index (κ1) is 16.1. The van der Waals surface area contributed by atoms with Gasteiger partial charge in [0.1, 0.15) is 16.7 Å². The highest BCUT2D eigenvalue weighted by Crippen LogP contribution is 2.45. The molecule has 1 aliphatic heterocycles. The zero-order chi connectivity index (χ0) is 16.3. The zero-order valence-electron chi connectivity index (χ0n) is 12.6. The molecule has 1 aromatic carbocycles. The van der Waals surface area contributed by atoms with Crippen molar-refractivity contribution >= 4 is 29.2 Å². The van der Waals surface area contributed by atoms with Gasteiger partial charge in [-0.3, -0.25) is 9.59 Å². The highest BCUT2D eigenvalue weighted by Gasteiger charge is 2.28. The summed E-state index contributed by atoms with van der Waals surface area (Å²) in [5.41, 5.74) is 0.961. The van der Waals surface area contributed by atoms with Gasteiger partial charge in [-0.15, -0.1) is 0 Å². The van der Waals surface area contributed by atoms with Crippen molar-refractivity contribution in [1.82, 2.24) is 0 Å². The number of nitriles is 1. The van der Waals surface area contributed by atoms with Gasteiger partial charge in [-0.1, -0.05) is 37.7 Å². The molecule has 22 heavy (non-hydrogen) atoms. The molecule has 1 heterocycles. The summed E-state index contributed by atoms with van der Waals surface area (Å²) < 4.78 is 4.92. The van der Waals surface area contributed by atoms with Crippen molar-refractivity contribution in [2.45, 2.75) is 18.7 Å². The van der Waals surface area contributed by atoms with Gasteiger partial charge in [0, 0.05) is 11.9 Å². The van der Waals surface area contributed by atoms with E-state index < -0.39 is 18.4 Å². The van der Waals surface area contributed by atoms with E-state index in [0.29, 0.717) is 5.03 Å². The summed E-state index contributed by atoms with van der Waals surface area (Å²) in [5, 5.41) is 9.88. The summed E-state index contributed by atoms with van der Waals surface area (Å²) in [6.07, 6.45) is 0. The van der Waals surface area contributed by atoms with Crippen molar-refractivity contribution in [2.75, 3.05) is 18.6 Å². The van der Waals surface area contributed by atoms with Crippen LogP contribution in [0.3, 0.4) is 0 Å². The van der Waals surface area contributed by atoms with Crippen LogP contribution < -0.4 is 4.90 Å². The highest BCUT2D eigenvalue weighted by atomic mass is 32.2. The molecule has 0 N–H and O–H groups in total. The maximum Gasteiger partial charge on any atom is 0.308 e. The van der Waals surface area contributed by atoms with Gasteiger partial charge in [0.2, 0.25) is 5.78 Å². The number of hydrogen-bond donors (Lipinski definition) is 0. The van der Waals surface area contributed by atoms with Crippen LogP contribution in [0.5, 0.6) is 0 Å². The van der Waals surface area contributed by atoms with Crippen LogP contribution in [0.25, 0.3) is 0 Å². The first-order valence-corrected chi connectivity index (χ1v) is 7.62. The molecule has 0 aliphatic carbocycles. The van der Waals surface area contributed by atoms with Crippen LogP contribution in [0, 0.1) is 17.2 Å². The number of Topliss-reactive ketones (excluding diaryl/α,β-unsaturated/α-hetero) is 1.